The predicted molar refractivity (Wildman–Crippen MR) is 82.4 cm³/mol. The summed E-state index contributed by atoms with van der Waals surface area (Å²) in [6.45, 7) is 3.25. The number of amides is 1. The van der Waals surface area contributed by atoms with Gasteiger partial charge in [0.05, 0.1) is 0 Å². The highest BCUT2D eigenvalue weighted by molar-refractivity contribution is 5.95. The van der Waals surface area contributed by atoms with Crippen molar-refractivity contribution in [2.45, 2.75) is 26.2 Å². The van der Waals surface area contributed by atoms with Crippen LogP contribution in [0.5, 0.6) is 0 Å². The standard InChI is InChI=1S/C16H24N2O3/c1-12(7-8-15(19)20)11-18-16(21)14-6-4-3-5-13(14)9-10-17-2/h3-6,12,17H,7-11H2,1-2H3,(H,18,21)(H,19,20). The van der Waals surface area contributed by atoms with Gasteiger partial charge in [-0.15, -0.1) is 0 Å². The molecular weight excluding hydrogens is 268 g/mol. The van der Waals surface area contributed by atoms with Gasteiger partial charge in [-0.1, -0.05) is 25.1 Å². The van der Waals surface area contributed by atoms with E-state index in [-0.39, 0.29) is 18.2 Å². The zero-order valence-electron chi connectivity index (χ0n) is 12.7. The van der Waals surface area contributed by atoms with Crippen LogP contribution in [-0.2, 0) is 11.2 Å². The van der Waals surface area contributed by atoms with Gasteiger partial charge in [0.1, 0.15) is 0 Å². The van der Waals surface area contributed by atoms with E-state index < -0.39 is 5.97 Å². The van der Waals surface area contributed by atoms with Crippen LogP contribution < -0.4 is 10.6 Å². The maximum atomic E-state index is 12.2. The van der Waals surface area contributed by atoms with Crippen LogP contribution in [0, 0.1) is 5.92 Å². The molecule has 0 spiro atoms. The number of aliphatic carboxylic acids is 1. The van der Waals surface area contributed by atoms with Gasteiger partial charge < -0.3 is 15.7 Å². The fourth-order valence-corrected chi connectivity index (χ4v) is 2.05. The second-order valence-electron chi connectivity index (χ2n) is 5.26. The molecule has 1 amide bonds. The number of carbonyl (C=O) groups excluding carboxylic acids is 1. The first kappa shape index (κ1) is 17.2. The third-order valence-corrected chi connectivity index (χ3v) is 3.37. The van der Waals surface area contributed by atoms with Gasteiger partial charge in [0.2, 0.25) is 0 Å². The van der Waals surface area contributed by atoms with E-state index in [0.29, 0.717) is 18.5 Å². The molecule has 1 aromatic rings. The SMILES string of the molecule is CNCCc1ccccc1C(=O)NCC(C)CCC(=O)O. The number of hydrogen-bond acceptors (Lipinski definition) is 3. The molecule has 0 radical (unpaired) electrons. The Bertz CT molecular complexity index is 474. The van der Waals surface area contributed by atoms with Crippen LogP contribution in [0.15, 0.2) is 24.3 Å². The third-order valence-electron chi connectivity index (χ3n) is 3.37. The number of hydrogen-bond donors (Lipinski definition) is 3. The van der Waals surface area contributed by atoms with Gasteiger partial charge in [0, 0.05) is 18.5 Å². The number of benzene rings is 1. The van der Waals surface area contributed by atoms with Crippen molar-refractivity contribution in [1.82, 2.24) is 10.6 Å². The molecule has 0 heterocycles. The van der Waals surface area contributed by atoms with Crippen LogP contribution in [0.25, 0.3) is 0 Å². The second-order valence-corrected chi connectivity index (χ2v) is 5.26. The Morgan fingerprint density at radius 1 is 1.29 bits per heavy atom. The summed E-state index contributed by atoms with van der Waals surface area (Å²) in [4.78, 5) is 22.7. The molecule has 0 aliphatic carbocycles. The first-order valence-electron chi connectivity index (χ1n) is 7.27. The Hall–Kier alpha value is -1.88. The quantitative estimate of drug-likeness (QED) is 0.647. The van der Waals surface area contributed by atoms with E-state index in [1.165, 1.54) is 0 Å². The van der Waals surface area contributed by atoms with E-state index in [1.807, 2.05) is 38.2 Å². The average Bonchev–Trinajstić information content (AvgIpc) is 2.48. The molecule has 0 saturated carbocycles. The van der Waals surface area contributed by atoms with Gasteiger partial charge in [0.15, 0.2) is 0 Å². The number of rotatable bonds is 9. The lowest BCUT2D eigenvalue weighted by molar-refractivity contribution is -0.137. The largest absolute Gasteiger partial charge is 0.481 e. The van der Waals surface area contributed by atoms with Gasteiger partial charge in [-0.05, 0) is 44.0 Å². The maximum absolute atomic E-state index is 12.2. The van der Waals surface area contributed by atoms with E-state index in [4.69, 9.17) is 5.11 Å². The molecule has 5 nitrogen and oxygen atoms in total. The molecule has 0 aliphatic rings. The third kappa shape index (κ3) is 6.40. The Morgan fingerprint density at radius 2 is 2.00 bits per heavy atom. The Labute approximate surface area is 125 Å². The number of nitrogens with one attached hydrogen (secondary N) is 2. The summed E-state index contributed by atoms with van der Waals surface area (Å²) >= 11 is 0. The minimum Gasteiger partial charge on any atom is -0.481 e. The lowest BCUT2D eigenvalue weighted by Gasteiger charge is -2.13. The zero-order chi connectivity index (χ0) is 15.7. The van der Waals surface area contributed by atoms with E-state index in [1.54, 1.807) is 0 Å². The van der Waals surface area contributed by atoms with Crippen LogP contribution in [-0.4, -0.2) is 37.1 Å². The number of carbonyl (C=O) groups is 2. The molecule has 1 aromatic carbocycles. The highest BCUT2D eigenvalue weighted by Crippen LogP contribution is 2.10. The monoisotopic (exact) mass is 292 g/mol. The molecular formula is C16H24N2O3. The average molecular weight is 292 g/mol. The van der Waals surface area contributed by atoms with Gasteiger partial charge >= 0.3 is 5.97 Å². The summed E-state index contributed by atoms with van der Waals surface area (Å²) in [5.74, 6) is -0.746. The predicted octanol–water partition coefficient (Wildman–Crippen LogP) is 1.68. The van der Waals surface area contributed by atoms with Crippen LogP contribution >= 0.6 is 0 Å². The summed E-state index contributed by atoms with van der Waals surface area (Å²) in [7, 11) is 1.88. The Kier molecular flexibility index (Phi) is 7.46. The van der Waals surface area contributed by atoms with Crippen molar-refractivity contribution < 1.29 is 14.7 Å². The second kappa shape index (κ2) is 9.13. The molecule has 0 saturated heterocycles. The lowest BCUT2D eigenvalue weighted by Crippen LogP contribution is -2.29. The van der Waals surface area contributed by atoms with Crippen LogP contribution in [0.2, 0.25) is 0 Å². The summed E-state index contributed by atoms with van der Waals surface area (Å²) in [5, 5.41) is 14.6. The Morgan fingerprint density at radius 3 is 2.67 bits per heavy atom. The van der Waals surface area contributed by atoms with E-state index in [9.17, 15) is 9.59 Å². The van der Waals surface area contributed by atoms with Gasteiger partial charge in [-0.3, -0.25) is 9.59 Å². The number of carboxylic acid groups (broad SMARTS) is 1. The molecule has 0 fully saturated rings. The maximum Gasteiger partial charge on any atom is 0.303 e. The number of carboxylic acids is 1. The zero-order valence-corrected chi connectivity index (χ0v) is 12.7. The fraction of sp³-hybridized carbons (Fsp3) is 0.500. The summed E-state index contributed by atoms with van der Waals surface area (Å²) in [6, 6.07) is 7.56. The van der Waals surface area contributed by atoms with Gasteiger partial charge in [-0.25, -0.2) is 0 Å². The molecule has 5 heteroatoms. The van der Waals surface area contributed by atoms with Crippen molar-refractivity contribution >= 4 is 11.9 Å². The van der Waals surface area contributed by atoms with Crippen molar-refractivity contribution in [3.63, 3.8) is 0 Å². The van der Waals surface area contributed by atoms with E-state index in [2.05, 4.69) is 10.6 Å². The first-order chi connectivity index (χ1) is 10.0. The minimum absolute atomic E-state index is 0.0936. The summed E-state index contributed by atoms with van der Waals surface area (Å²) in [6.07, 6.45) is 1.50. The summed E-state index contributed by atoms with van der Waals surface area (Å²) in [5.41, 5.74) is 1.71. The molecule has 116 valence electrons. The molecule has 1 unspecified atom stereocenters. The van der Waals surface area contributed by atoms with Crippen LogP contribution in [0.3, 0.4) is 0 Å². The lowest BCUT2D eigenvalue weighted by atomic mass is 10.0. The normalized spacial score (nSPS) is 11.9. The smallest absolute Gasteiger partial charge is 0.303 e. The molecule has 0 bridgehead atoms. The van der Waals surface area contributed by atoms with Crippen molar-refractivity contribution in [2.24, 2.45) is 5.92 Å². The van der Waals surface area contributed by atoms with E-state index in [0.717, 1.165) is 18.5 Å². The fourth-order valence-electron chi connectivity index (χ4n) is 2.05. The van der Waals surface area contributed by atoms with Crippen molar-refractivity contribution in [3.8, 4) is 0 Å². The molecule has 3 N–H and O–H groups in total. The van der Waals surface area contributed by atoms with Crippen molar-refractivity contribution in [3.05, 3.63) is 35.4 Å². The molecule has 21 heavy (non-hydrogen) atoms. The highest BCUT2D eigenvalue weighted by atomic mass is 16.4. The number of likely N-dealkylation sites (N-methyl/N-ethyl adjacent to an activating group) is 1. The first-order valence-corrected chi connectivity index (χ1v) is 7.27. The Balaban J connectivity index is 2.53. The van der Waals surface area contributed by atoms with Crippen LogP contribution in [0.4, 0.5) is 0 Å². The molecule has 0 aromatic heterocycles. The van der Waals surface area contributed by atoms with Crippen molar-refractivity contribution in [1.29, 1.82) is 0 Å². The van der Waals surface area contributed by atoms with Gasteiger partial charge in [-0.2, -0.15) is 0 Å². The van der Waals surface area contributed by atoms with Gasteiger partial charge in [0.25, 0.3) is 5.91 Å². The van der Waals surface area contributed by atoms with Crippen LogP contribution in [0.1, 0.15) is 35.7 Å². The summed E-state index contributed by atoms with van der Waals surface area (Å²) < 4.78 is 0. The highest BCUT2D eigenvalue weighted by Gasteiger charge is 2.12. The van der Waals surface area contributed by atoms with E-state index >= 15 is 0 Å². The molecule has 0 aliphatic heterocycles. The molecule has 1 rings (SSSR count). The van der Waals surface area contributed by atoms with Crippen molar-refractivity contribution in [2.75, 3.05) is 20.1 Å². The molecule has 1 atom stereocenters. The minimum atomic E-state index is -0.800. The topological polar surface area (TPSA) is 78.4 Å².